The van der Waals surface area contributed by atoms with E-state index in [4.69, 9.17) is 10.1 Å². The number of aryl methyl sites for hydroxylation is 1. The minimum Gasteiger partial charge on any atom is -0.373 e. The molecule has 0 unspecified atom stereocenters. The van der Waals surface area contributed by atoms with Gasteiger partial charge in [-0.15, -0.1) is 0 Å². The fourth-order valence-corrected chi connectivity index (χ4v) is 2.19. The molecule has 1 N–H and O–H groups in total. The smallest absolute Gasteiger partial charge is 0.0832 e. The minimum absolute atomic E-state index is 0.140. The van der Waals surface area contributed by atoms with E-state index in [0.29, 0.717) is 5.92 Å². The van der Waals surface area contributed by atoms with Gasteiger partial charge in [0.15, 0.2) is 0 Å². The summed E-state index contributed by atoms with van der Waals surface area (Å²) in [6, 6.07) is 4.09. The van der Waals surface area contributed by atoms with Crippen molar-refractivity contribution in [3.8, 4) is 0 Å². The van der Waals surface area contributed by atoms with Crippen molar-refractivity contribution < 1.29 is 4.74 Å². The van der Waals surface area contributed by atoms with E-state index in [1.54, 1.807) is 0 Å². The Morgan fingerprint density at radius 3 is 3.06 bits per heavy atom. The van der Waals surface area contributed by atoms with Crippen LogP contribution in [-0.2, 0) is 4.74 Å². The van der Waals surface area contributed by atoms with Crippen molar-refractivity contribution in [2.24, 2.45) is 5.92 Å². The van der Waals surface area contributed by atoms with Crippen molar-refractivity contribution in [2.45, 2.75) is 32.8 Å². The average molecular weight is 218 g/mol. The van der Waals surface area contributed by atoms with Gasteiger partial charge in [-0.1, -0.05) is 0 Å². The number of hydrogen-bond acceptors (Lipinski definition) is 3. The molecule has 1 aliphatic rings. The van der Waals surface area contributed by atoms with Crippen LogP contribution in [0, 0.1) is 18.3 Å². The van der Waals surface area contributed by atoms with E-state index in [9.17, 15) is 0 Å². The average Bonchev–Trinajstić information content (AvgIpc) is 2.29. The zero-order valence-electron chi connectivity index (χ0n) is 9.86. The molecule has 0 saturated carbocycles. The van der Waals surface area contributed by atoms with Crippen LogP contribution < -0.4 is 0 Å². The molecule has 0 aliphatic carbocycles. The highest BCUT2D eigenvalue weighted by molar-refractivity contribution is 5.81. The zero-order valence-corrected chi connectivity index (χ0v) is 9.86. The SMILES string of the molecule is CC(=N)[C@H]1CCO[C@@H](c2ccnc(C)c2)C1. The molecule has 0 amide bonds. The predicted molar refractivity (Wildman–Crippen MR) is 63.8 cm³/mol. The van der Waals surface area contributed by atoms with Crippen LogP contribution in [-0.4, -0.2) is 17.3 Å². The van der Waals surface area contributed by atoms with Crippen molar-refractivity contribution in [3.63, 3.8) is 0 Å². The first-order valence-electron chi connectivity index (χ1n) is 5.76. The third kappa shape index (κ3) is 2.47. The van der Waals surface area contributed by atoms with Gasteiger partial charge in [0.1, 0.15) is 0 Å². The molecule has 0 bridgehead atoms. The standard InChI is InChI=1S/C13H18N2O/c1-9-7-12(3-5-15-9)13-8-11(10(2)14)4-6-16-13/h3,5,7,11,13-14H,4,6,8H2,1-2H3/t11-,13+/m0/s1. The van der Waals surface area contributed by atoms with Crippen molar-refractivity contribution in [1.82, 2.24) is 4.98 Å². The summed E-state index contributed by atoms with van der Waals surface area (Å²) in [5.74, 6) is 0.382. The van der Waals surface area contributed by atoms with Gasteiger partial charge in [-0.2, -0.15) is 0 Å². The number of nitrogens with zero attached hydrogens (tertiary/aromatic N) is 1. The van der Waals surface area contributed by atoms with Crippen molar-refractivity contribution in [1.29, 1.82) is 5.41 Å². The van der Waals surface area contributed by atoms with Gasteiger partial charge in [0.2, 0.25) is 0 Å². The lowest BCUT2D eigenvalue weighted by Gasteiger charge is -2.29. The number of pyridine rings is 1. The maximum atomic E-state index is 7.72. The van der Waals surface area contributed by atoms with Gasteiger partial charge in [-0.05, 0) is 44.4 Å². The van der Waals surface area contributed by atoms with E-state index >= 15 is 0 Å². The van der Waals surface area contributed by atoms with Gasteiger partial charge < -0.3 is 10.1 Å². The first-order valence-corrected chi connectivity index (χ1v) is 5.76. The van der Waals surface area contributed by atoms with Crippen LogP contribution in [0.1, 0.15) is 37.1 Å². The molecule has 3 nitrogen and oxygen atoms in total. The van der Waals surface area contributed by atoms with E-state index < -0.39 is 0 Å². The van der Waals surface area contributed by atoms with Crippen LogP contribution >= 0.6 is 0 Å². The van der Waals surface area contributed by atoms with Crippen LogP contribution in [0.5, 0.6) is 0 Å². The Hall–Kier alpha value is -1.22. The summed E-state index contributed by atoms with van der Waals surface area (Å²) in [6.07, 6.45) is 3.88. The van der Waals surface area contributed by atoms with Gasteiger partial charge in [-0.25, -0.2) is 0 Å². The molecule has 1 fully saturated rings. The van der Waals surface area contributed by atoms with Crippen LogP contribution in [0.2, 0.25) is 0 Å². The third-order valence-corrected chi connectivity index (χ3v) is 3.19. The second kappa shape index (κ2) is 4.74. The quantitative estimate of drug-likeness (QED) is 0.776. The molecule has 2 rings (SSSR count). The second-order valence-electron chi connectivity index (χ2n) is 4.49. The topological polar surface area (TPSA) is 46.0 Å². The summed E-state index contributed by atoms with van der Waals surface area (Å²) < 4.78 is 5.77. The Labute approximate surface area is 96.4 Å². The number of rotatable bonds is 2. The highest BCUT2D eigenvalue weighted by atomic mass is 16.5. The molecule has 1 saturated heterocycles. The molecule has 1 aromatic heterocycles. The molecule has 2 heterocycles. The normalized spacial score (nSPS) is 25.4. The largest absolute Gasteiger partial charge is 0.373 e. The molecular formula is C13H18N2O. The molecule has 2 atom stereocenters. The summed E-state index contributed by atoms with van der Waals surface area (Å²) >= 11 is 0. The van der Waals surface area contributed by atoms with Gasteiger partial charge in [0.05, 0.1) is 6.10 Å². The van der Waals surface area contributed by atoms with E-state index in [0.717, 1.165) is 30.9 Å². The Morgan fingerprint density at radius 2 is 2.38 bits per heavy atom. The van der Waals surface area contributed by atoms with Crippen LogP contribution in [0.4, 0.5) is 0 Å². The Bertz CT molecular complexity index is 389. The lowest BCUT2D eigenvalue weighted by atomic mass is 9.89. The summed E-state index contributed by atoms with van der Waals surface area (Å²) in [6.45, 7) is 4.64. The molecule has 0 radical (unpaired) electrons. The van der Waals surface area contributed by atoms with E-state index in [2.05, 4.69) is 11.1 Å². The first-order chi connectivity index (χ1) is 7.66. The minimum atomic E-state index is 0.140. The summed E-state index contributed by atoms with van der Waals surface area (Å²) in [7, 11) is 0. The summed E-state index contributed by atoms with van der Waals surface area (Å²) in [5, 5.41) is 7.72. The van der Waals surface area contributed by atoms with Crippen LogP contribution in [0.25, 0.3) is 0 Å². The highest BCUT2D eigenvalue weighted by Gasteiger charge is 2.25. The number of nitrogens with one attached hydrogen (secondary N) is 1. The van der Waals surface area contributed by atoms with E-state index in [1.165, 1.54) is 5.56 Å². The Kier molecular flexibility index (Phi) is 3.34. The van der Waals surface area contributed by atoms with Gasteiger partial charge >= 0.3 is 0 Å². The highest BCUT2D eigenvalue weighted by Crippen LogP contribution is 2.32. The summed E-state index contributed by atoms with van der Waals surface area (Å²) in [4.78, 5) is 4.19. The molecule has 0 spiro atoms. The van der Waals surface area contributed by atoms with Gasteiger partial charge in [0, 0.05) is 30.1 Å². The maximum absolute atomic E-state index is 7.72. The fraction of sp³-hybridized carbons (Fsp3) is 0.538. The molecule has 1 aromatic rings. The van der Waals surface area contributed by atoms with E-state index in [-0.39, 0.29) is 6.10 Å². The van der Waals surface area contributed by atoms with Gasteiger partial charge in [0.25, 0.3) is 0 Å². The Balaban J connectivity index is 2.12. The van der Waals surface area contributed by atoms with Crippen molar-refractivity contribution in [3.05, 3.63) is 29.6 Å². The molecule has 86 valence electrons. The van der Waals surface area contributed by atoms with Crippen molar-refractivity contribution in [2.75, 3.05) is 6.61 Å². The molecule has 16 heavy (non-hydrogen) atoms. The first kappa shape index (κ1) is 11.3. The Morgan fingerprint density at radius 1 is 1.56 bits per heavy atom. The van der Waals surface area contributed by atoms with Crippen molar-refractivity contribution >= 4 is 5.71 Å². The number of hydrogen-bond donors (Lipinski definition) is 1. The van der Waals surface area contributed by atoms with Crippen LogP contribution in [0.3, 0.4) is 0 Å². The molecule has 1 aliphatic heterocycles. The molecule has 3 heteroatoms. The zero-order chi connectivity index (χ0) is 11.5. The summed E-state index contributed by atoms with van der Waals surface area (Å²) in [5.41, 5.74) is 2.99. The van der Waals surface area contributed by atoms with Gasteiger partial charge in [-0.3, -0.25) is 4.98 Å². The lowest BCUT2D eigenvalue weighted by molar-refractivity contribution is 0.00256. The van der Waals surface area contributed by atoms with E-state index in [1.807, 2.05) is 26.1 Å². The lowest BCUT2D eigenvalue weighted by Crippen LogP contribution is -2.24. The number of ether oxygens (including phenoxy) is 1. The maximum Gasteiger partial charge on any atom is 0.0832 e. The third-order valence-electron chi connectivity index (χ3n) is 3.19. The molecule has 0 aromatic carbocycles. The molecular weight excluding hydrogens is 200 g/mol. The van der Waals surface area contributed by atoms with Crippen LogP contribution in [0.15, 0.2) is 18.3 Å². The number of aromatic nitrogens is 1. The second-order valence-corrected chi connectivity index (χ2v) is 4.49. The fourth-order valence-electron chi connectivity index (χ4n) is 2.19. The predicted octanol–water partition coefficient (Wildman–Crippen LogP) is 2.90. The monoisotopic (exact) mass is 218 g/mol.